The minimum Gasteiger partial charge on any atom is -0.497 e. The van der Waals surface area contributed by atoms with Gasteiger partial charge in [-0.25, -0.2) is 0 Å². The van der Waals surface area contributed by atoms with Crippen LogP contribution >= 0.6 is 0 Å². The van der Waals surface area contributed by atoms with E-state index in [-0.39, 0.29) is 0 Å². The molecule has 0 amide bonds. The fourth-order valence-electron chi connectivity index (χ4n) is 2.66. The summed E-state index contributed by atoms with van der Waals surface area (Å²) in [6.07, 6.45) is 1.14. The third kappa shape index (κ3) is 3.37. The molecule has 1 aliphatic heterocycles. The molecule has 112 valence electrons. The van der Waals surface area contributed by atoms with E-state index in [1.807, 2.05) is 12.1 Å². The van der Waals surface area contributed by atoms with E-state index in [4.69, 9.17) is 9.47 Å². The summed E-state index contributed by atoms with van der Waals surface area (Å²) in [7, 11) is 3.42. The summed E-state index contributed by atoms with van der Waals surface area (Å²) in [6.45, 7) is 7.65. The highest BCUT2D eigenvalue weighted by atomic mass is 16.5. The molecule has 1 heterocycles. The van der Waals surface area contributed by atoms with Crippen LogP contribution in [-0.4, -0.2) is 39.9 Å². The first-order valence-electron chi connectivity index (χ1n) is 7.36. The maximum atomic E-state index is 5.52. The SMILES string of the molecule is COc1ccc(OC)c(N2CCCNC(C(C)C)C2)c1. The van der Waals surface area contributed by atoms with E-state index < -0.39 is 0 Å². The van der Waals surface area contributed by atoms with E-state index in [0.717, 1.165) is 43.2 Å². The number of anilines is 1. The molecule has 2 rings (SSSR count). The van der Waals surface area contributed by atoms with Crippen LogP contribution in [0.2, 0.25) is 0 Å². The molecule has 4 heteroatoms. The molecule has 0 spiro atoms. The zero-order valence-corrected chi connectivity index (χ0v) is 13.0. The van der Waals surface area contributed by atoms with Crippen molar-refractivity contribution in [2.45, 2.75) is 26.3 Å². The van der Waals surface area contributed by atoms with E-state index in [1.54, 1.807) is 14.2 Å². The van der Waals surface area contributed by atoms with Gasteiger partial charge in [0.2, 0.25) is 0 Å². The van der Waals surface area contributed by atoms with Crippen molar-refractivity contribution in [1.82, 2.24) is 5.32 Å². The molecule has 1 saturated heterocycles. The Balaban J connectivity index is 2.27. The average Bonchev–Trinajstić information content (AvgIpc) is 2.72. The molecule has 20 heavy (non-hydrogen) atoms. The second-order valence-electron chi connectivity index (χ2n) is 5.64. The number of nitrogens with one attached hydrogen (secondary N) is 1. The maximum absolute atomic E-state index is 5.52. The minimum atomic E-state index is 0.508. The molecule has 1 atom stereocenters. The first-order valence-corrected chi connectivity index (χ1v) is 7.36. The van der Waals surface area contributed by atoms with Gasteiger partial charge in [0.25, 0.3) is 0 Å². The van der Waals surface area contributed by atoms with Gasteiger partial charge in [-0.15, -0.1) is 0 Å². The first-order chi connectivity index (χ1) is 9.65. The Morgan fingerprint density at radius 2 is 2.05 bits per heavy atom. The molecule has 0 aliphatic carbocycles. The largest absolute Gasteiger partial charge is 0.497 e. The van der Waals surface area contributed by atoms with Crippen LogP contribution in [0.5, 0.6) is 11.5 Å². The Labute approximate surface area is 122 Å². The van der Waals surface area contributed by atoms with Gasteiger partial charge in [0.15, 0.2) is 0 Å². The Bertz CT molecular complexity index is 434. The molecule has 1 N–H and O–H groups in total. The summed E-state index contributed by atoms with van der Waals surface area (Å²) in [5.41, 5.74) is 1.13. The third-order valence-electron chi connectivity index (χ3n) is 3.96. The molecule has 1 aromatic carbocycles. The monoisotopic (exact) mass is 278 g/mol. The van der Waals surface area contributed by atoms with Crippen LogP contribution in [0, 0.1) is 5.92 Å². The number of ether oxygens (including phenoxy) is 2. The van der Waals surface area contributed by atoms with Crippen LogP contribution in [0.1, 0.15) is 20.3 Å². The average molecular weight is 278 g/mol. The number of rotatable bonds is 4. The van der Waals surface area contributed by atoms with Gasteiger partial charge in [-0.1, -0.05) is 13.8 Å². The summed E-state index contributed by atoms with van der Waals surface area (Å²) in [6, 6.07) is 6.50. The highest BCUT2D eigenvalue weighted by molar-refractivity contribution is 5.62. The van der Waals surface area contributed by atoms with Gasteiger partial charge in [0.05, 0.1) is 19.9 Å². The fraction of sp³-hybridized carbons (Fsp3) is 0.625. The number of hydrogen-bond donors (Lipinski definition) is 1. The van der Waals surface area contributed by atoms with Gasteiger partial charge in [-0.05, 0) is 31.0 Å². The molecule has 1 fully saturated rings. The highest BCUT2D eigenvalue weighted by Crippen LogP contribution is 2.33. The van der Waals surface area contributed by atoms with Crippen molar-refractivity contribution in [1.29, 1.82) is 0 Å². The van der Waals surface area contributed by atoms with E-state index in [9.17, 15) is 0 Å². The van der Waals surface area contributed by atoms with Gasteiger partial charge in [0.1, 0.15) is 11.5 Å². The standard InChI is InChI=1S/C16H26N2O2/c1-12(2)14-11-18(9-5-8-17-14)15-10-13(19-3)6-7-16(15)20-4/h6-7,10,12,14,17H,5,8-9,11H2,1-4H3. The lowest BCUT2D eigenvalue weighted by atomic mass is 10.0. The molecule has 0 radical (unpaired) electrons. The maximum Gasteiger partial charge on any atom is 0.142 e. The predicted molar refractivity (Wildman–Crippen MR) is 83.0 cm³/mol. The zero-order chi connectivity index (χ0) is 14.5. The second-order valence-corrected chi connectivity index (χ2v) is 5.64. The summed E-state index contributed by atoms with van der Waals surface area (Å²) in [5, 5.41) is 3.63. The first kappa shape index (κ1) is 15.0. The summed E-state index contributed by atoms with van der Waals surface area (Å²) < 4.78 is 10.9. The van der Waals surface area contributed by atoms with E-state index in [0.29, 0.717) is 12.0 Å². The summed E-state index contributed by atoms with van der Waals surface area (Å²) >= 11 is 0. The quantitative estimate of drug-likeness (QED) is 0.917. The van der Waals surface area contributed by atoms with Gasteiger partial charge in [-0.2, -0.15) is 0 Å². The van der Waals surface area contributed by atoms with E-state index in [2.05, 4.69) is 30.1 Å². The minimum absolute atomic E-state index is 0.508. The normalized spacial score (nSPS) is 19.9. The van der Waals surface area contributed by atoms with E-state index in [1.165, 1.54) is 0 Å². The molecular formula is C16H26N2O2. The Morgan fingerprint density at radius 1 is 1.25 bits per heavy atom. The number of hydrogen-bond acceptors (Lipinski definition) is 4. The summed E-state index contributed by atoms with van der Waals surface area (Å²) in [4.78, 5) is 2.41. The van der Waals surface area contributed by atoms with Crippen molar-refractivity contribution in [3.05, 3.63) is 18.2 Å². The highest BCUT2D eigenvalue weighted by Gasteiger charge is 2.22. The van der Waals surface area contributed by atoms with Gasteiger partial charge in [0, 0.05) is 25.2 Å². The topological polar surface area (TPSA) is 33.7 Å². The Hall–Kier alpha value is -1.42. The lowest BCUT2D eigenvalue weighted by Crippen LogP contribution is -2.41. The second kappa shape index (κ2) is 6.84. The summed E-state index contributed by atoms with van der Waals surface area (Å²) in [5.74, 6) is 2.40. The number of nitrogens with zero attached hydrogens (tertiary/aromatic N) is 1. The predicted octanol–water partition coefficient (Wildman–Crippen LogP) is 2.53. The lowest BCUT2D eigenvalue weighted by Gasteiger charge is -2.29. The Morgan fingerprint density at radius 3 is 2.70 bits per heavy atom. The van der Waals surface area contributed by atoms with Gasteiger partial charge in [-0.3, -0.25) is 0 Å². The van der Waals surface area contributed by atoms with Crippen molar-refractivity contribution in [3.63, 3.8) is 0 Å². The van der Waals surface area contributed by atoms with Crippen LogP contribution in [0.4, 0.5) is 5.69 Å². The molecule has 1 aromatic rings. The zero-order valence-electron chi connectivity index (χ0n) is 13.0. The molecule has 0 aromatic heterocycles. The van der Waals surface area contributed by atoms with Crippen LogP contribution in [0.3, 0.4) is 0 Å². The number of methoxy groups -OCH3 is 2. The molecule has 0 saturated carbocycles. The number of benzene rings is 1. The van der Waals surface area contributed by atoms with Crippen molar-refractivity contribution < 1.29 is 9.47 Å². The van der Waals surface area contributed by atoms with Crippen molar-refractivity contribution in [3.8, 4) is 11.5 Å². The van der Waals surface area contributed by atoms with Crippen molar-refractivity contribution in [2.24, 2.45) is 5.92 Å². The Kier molecular flexibility index (Phi) is 5.12. The van der Waals surface area contributed by atoms with Crippen LogP contribution in [0.25, 0.3) is 0 Å². The molecule has 0 bridgehead atoms. The van der Waals surface area contributed by atoms with Crippen molar-refractivity contribution >= 4 is 5.69 Å². The van der Waals surface area contributed by atoms with Crippen LogP contribution in [-0.2, 0) is 0 Å². The third-order valence-corrected chi connectivity index (χ3v) is 3.96. The molecular weight excluding hydrogens is 252 g/mol. The van der Waals surface area contributed by atoms with Gasteiger partial charge >= 0.3 is 0 Å². The molecule has 1 aliphatic rings. The smallest absolute Gasteiger partial charge is 0.142 e. The van der Waals surface area contributed by atoms with Crippen LogP contribution in [0.15, 0.2) is 18.2 Å². The van der Waals surface area contributed by atoms with Crippen molar-refractivity contribution in [2.75, 3.05) is 38.8 Å². The van der Waals surface area contributed by atoms with Crippen LogP contribution < -0.4 is 19.7 Å². The lowest BCUT2D eigenvalue weighted by molar-refractivity contribution is 0.399. The molecule has 1 unspecified atom stereocenters. The molecule has 4 nitrogen and oxygen atoms in total. The van der Waals surface area contributed by atoms with E-state index >= 15 is 0 Å². The van der Waals surface area contributed by atoms with Gasteiger partial charge < -0.3 is 19.7 Å². The fourth-order valence-corrected chi connectivity index (χ4v) is 2.66.